The molecule has 0 rings (SSSR count). The molecule has 0 aromatic heterocycles. The Hall–Kier alpha value is -0.610. The predicted octanol–water partition coefficient (Wildman–Crippen LogP) is 0.980. The second-order valence-corrected chi connectivity index (χ2v) is 2.29. The highest BCUT2D eigenvalue weighted by Crippen LogP contribution is 1.96. The van der Waals surface area contributed by atoms with Crippen molar-refractivity contribution < 1.29 is 4.79 Å². The molecule has 6 N–H and O–H groups in total. The maximum atomic E-state index is 10.4. The number of carbonyl (C=O) groups excluding carboxylic acids is 1. The van der Waals surface area contributed by atoms with Crippen molar-refractivity contribution in [1.29, 1.82) is 0 Å². The van der Waals surface area contributed by atoms with Crippen LogP contribution >= 0.6 is 0 Å². The molecule has 0 aromatic carbocycles. The lowest BCUT2D eigenvalue weighted by Gasteiger charge is -2.04. The molecule has 4 nitrogen and oxygen atoms in total. The van der Waals surface area contributed by atoms with Crippen LogP contribution in [0.2, 0.25) is 0 Å². The molecule has 0 heterocycles. The second-order valence-electron chi connectivity index (χ2n) is 2.29. The molecule has 0 radical (unpaired) electrons. The average Bonchev–Trinajstić information content (AvgIpc) is 2.24. The molecular weight excluding hydrogens is 178 g/mol. The van der Waals surface area contributed by atoms with Crippen molar-refractivity contribution >= 4 is 5.91 Å². The van der Waals surface area contributed by atoms with Crippen LogP contribution in [-0.4, -0.2) is 18.5 Å². The third-order valence-electron chi connectivity index (χ3n) is 1.33. The van der Waals surface area contributed by atoms with Gasteiger partial charge in [-0.2, -0.15) is 0 Å². The lowest BCUT2D eigenvalue weighted by Crippen LogP contribution is -2.36. The summed E-state index contributed by atoms with van der Waals surface area (Å²) in [6.07, 6.45) is 2.42. The van der Waals surface area contributed by atoms with E-state index in [1.54, 1.807) is 0 Å². The normalized spacial score (nSPS) is 10.1. The first-order valence-corrected chi connectivity index (χ1v) is 5.43. The van der Waals surface area contributed by atoms with Gasteiger partial charge in [0.05, 0.1) is 6.04 Å². The van der Waals surface area contributed by atoms with Gasteiger partial charge in [-0.15, -0.1) is 0 Å². The number of rotatable bonds is 5. The van der Waals surface area contributed by atoms with Crippen LogP contribution in [0.5, 0.6) is 0 Å². The van der Waals surface area contributed by atoms with Crippen molar-refractivity contribution in [3.05, 3.63) is 0 Å². The maximum absolute atomic E-state index is 10.4. The summed E-state index contributed by atoms with van der Waals surface area (Å²) >= 11 is 0. The van der Waals surface area contributed by atoms with E-state index in [1.165, 1.54) is 0 Å². The van der Waals surface area contributed by atoms with E-state index in [9.17, 15) is 4.79 Å². The van der Waals surface area contributed by atoms with E-state index in [1.807, 2.05) is 27.7 Å². The SMILES string of the molecule is CC.CC.NCCCCC(N)C(N)=O. The Kier molecular flexibility index (Phi) is 24.8. The molecule has 1 amide bonds. The van der Waals surface area contributed by atoms with Crippen LogP contribution in [-0.2, 0) is 4.79 Å². The number of nitrogens with two attached hydrogens (primary N) is 3. The monoisotopic (exact) mass is 205 g/mol. The first-order valence-electron chi connectivity index (χ1n) is 5.43. The Morgan fingerprint density at radius 3 is 1.86 bits per heavy atom. The van der Waals surface area contributed by atoms with Crippen molar-refractivity contribution in [1.82, 2.24) is 0 Å². The van der Waals surface area contributed by atoms with Crippen LogP contribution in [0, 0.1) is 0 Å². The number of unbranched alkanes of at least 4 members (excludes halogenated alkanes) is 1. The van der Waals surface area contributed by atoms with Gasteiger partial charge < -0.3 is 17.2 Å². The summed E-state index contributed by atoms with van der Waals surface area (Å²) in [6.45, 7) is 8.64. The van der Waals surface area contributed by atoms with Gasteiger partial charge in [-0.25, -0.2) is 0 Å². The molecule has 0 aromatic rings. The van der Waals surface area contributed by atoms with Gasteiger partial charge in [-0.05, 0) is 19.4 Å². The Morgan fingerprint density at radius 2 is 1.57 bits per heavy atom. The van der Waals surface area contributed by atoms with Crippen LogP contribution in [0.25, 0.3) is 0 Å². The van der Waals surface area contributed by atoms with Crippen molar-refractivity contribution in [2.75, 3.05) is 6.54 Å². The number of hydrogen-bond acceptors (Lipinski definition) is 3. The summed E-state index contributed by atoms with van der Waals surface area (Å²) in [5.41, 5.74) is 15.5. The minimum atomic E-state index is -0.494. The van der Waals surface area contributed by atoms with Crippen molar-refractivity contribution in [3.63, 3.8) is 0 Å². The molecule has 4 heteroatoms. The standard InChI is InChI=1S/C6H15N3O.2C2H6/c7-4-2-1-3-5(8)6(9)10;2*1-2/h5H,1-4,7-8H2,(H2,9,10);2*1-2H3. The number of carbonyl (C=O) groups is 1. The first kappa shape index (κ1) is 19.0. The maximum Gasteiger partial charge on any atom is 0.234 e. The smallest absolute Gasteiger partial charge is 0.234 e. The number of hydrogen-bond donors (Lipinski definition) is 3. The third-order valence-corrected chi connectivity index (χ3v) is 1.33. The van der Waals surface area contributed by atoms with E-state index in [-0.39, 0.29) is 0 Å². The fraction of sp³-hybridized carbons (Fsp3) is 0.900. The zero-order chi connectivity index (χ0) is 12.0. The van der Waals surface area contributed by atoms with Gasteiger partial charge in [0.15, 0.2) is 0 Å². The summed E-state index contributed by atoms with van der Waals surface area (Å²) in [5, 5.41) is 0. The van der Waals surface area contributed by atoms with Crippen LogP contribution in [0.3, 0.4) is 0 Å². The highest BCUT2D eigenvalue weighted by atomic mass is 16.1. The fourth-order valence-electron chi connectivity index (χ4n) is 0.651. The van der Waals surface area contributed by atoms with Gasteiger partial charge in [0.25, 0.3) is 0 Å². The van der Waals surface area contributed by atoms with Gasteiger partial charge >= 0.3 is 0 Å². The zero-order valence-electron chi connectivity index (χ0n) is 10.0. The Labute approximate surface area is 88.2 Å². The van der Waals surface area contributed by atoms with Crippen LogP contribution in [0.4, 0.5) is 0 Å². The second kappa shape index (κ2) is 18.2. The highest BCUT2D eigenvalue weighted by molar-refractivity contribution is 5.79. The Morgan fingerprint density at radius 1 is 1.14 bits per heavy atom. The highest BCUT2D eigenvalue weighted by Gasteiger charge is 2.06. The van der Waals surface area contributed by atoms with Crippen molar-refractivity contribution in [2.24, 2.45) is 17.2 Å². The Bertz CT molecular complexity index is 108. The summed E-state index contributed by atoms with van der Waals surface area (Å²) in [4.78, 5) is 10.4. The van der Waals surface area contributed by atoms with Gasteiger partial charge in [-0.3, -0.25) is 4.79 Å². The minimum absolute atomic E-state index is 0.433. The van der Waals surface area contributed by atoms with Gasteiger partial charge in [0.1, 0.15) is 0 Å². The lowest BCUT2D eigenvalue weighted by atomic mass is 10.1. The van der Waals surface area contributed by atoms with Crippen LogP contribution < -0.4 is 17.2 Å². The van der Waals surface area contributed by atoms with Crippen LogP contribution in [0.1, 0.15) is 47.0 Å². The molecule has 0 spiro atoms. The van der Waals surface area contributed by atoms with Crippen molar-refractivity contribution in [3.8, 4) is 0 Å². The molecule has 88 valence electrons. The molecule has 0 aliphatic carbocycles. The lowest BCUT2D eigenvalue weighted by molar-refractivity contribution is -0.119. The topological polar surface area (TPSA) is 95.1 Å². The van der Waals surface area contributed by atoms with Crippen molar-refractivity contribution in [2.45, 2.75) is 53.0 Å². The fourth-order valence-corrected chi connectivity index (χ4v) is 0.651. The van der Waals surface area contributed by atoms with E-state index in [0.29, 0.717) is 13.0 Å². The van der Waals surface area contributed by atoms with E-state index in [4.69, 9.17) is 17.2 Å². The summed E-state index contributed by atoms with van der Waals surface area (Å²) < 4.78 is 0. The molecule has 0 bridgehead atoms. The molecule has 1 atom stereocenters. The van der Waals surface area contributed by atoms with E-state index >= 15 is 0 Å². The van der Waals surface area contributed by atoms with E-state index in [0.717, 1.165) is 12.8 Å². The molecule has 1 unspecified atom stereocenters. The van der Waals surface area contributed by atoms with Gasteiger partial charge in [0, 0.05) is 0 Å². The van der Waals surface area contributed by atoms with E-state index in [2.05, 4.69) is 0 Å². The average molecular weight is 205 g/mol. The van der Waals surface area contributed by atoms with E-state index < -0.39 is 11.9 Å². The zero-order valence-corrected chi connectivity index (χ0v) is 10.0. The number of primary amides is 1. The summed E-state index contributed by atoms with van der Waals surface area (Å²) in [5.74, 6) is -0.433. The molecule has 0 aliphatic rings. The molecule has 14 heavy (non-hydrogen) atoms. The largest absolute Gasteiger partial charge is 0.368 e. The molecule has 0 saturated carbocycles. The van der Waals surface area contributed by atoms with Gasteiger partial charge in [0.2, 0.25) is 5.91 Å². The molecule has 0 saturated heterocycles. The van der Waals surface area contributed by atoms with Crippen LogP contribution in [0.15, 0.2) is 0 Å². The summed E-state index contributed by atoms with van der Waals surface area (Å²) in [6, 6.07) is -0.494. The molecular formula is C10H27N3O. The third kappa shape index (κ3) is 17.5. The molecule has 0 fully saturated rings. The number of amides is 1. The minimum Gasteiger partial charge on any atom is -0.368 e. The molecule has 0 aliphatic heterocycles. The quantitative estimate of drug-likeness (QED) is 0.584. The summed E-state index contributed by atoms with van der Waals surface area (Å²) in [7, 11) is 0. The first-order chi connectivity index (χ1) is 6.68. The Balaban J connectivity index is -0.000000266. The predicted molar refractivity (Wildman–Crippen MR) is 62.8 cm³/mol. The van der Waals surface area contributed by atoms with Gasteiger partial charge in [-0.1, -0.05) is 34.1 Å².